The maximum absolute atomic E-state index is 10.6. The highest BCUT2D eigenvalue weighted by atomic mass is 16.3. The molecule has 4 atom stereocenters. The Bertz CT molecular complexity index is 900. The van der Waals surface area contributed by atoms with Gasteiger partial charge in [-0.15, -0.1) is 0 Å². The number of hydrogen-bond donors (Lipinski definition) is 2. The largest absolute Gasteiger partial charge is 0.392 e. The average Bonchev–Trinajstić information content (AvgIpc) is 3.31. The molecule has 2 nitrogen and oxygen atoms in total. The van der Waals surface area contributed by atoms with E-state index in [1.165, 1.54) is 48.9 Å². The molecule has 0 amide bonds. The van der Waals surface area contributed by atoms with Gasteiger partial charge in [0.15, 0.2) is 0 Å². The molecule has 2 N–H and O–H groups in total. The van der Waals surface area contributed by atoms with Crippen LogP contribution in [0, 0.1) is 24.7 Å². The number of fused-ring (bicyclic) bond motifs is 1. The van der Waals surface area contributed by atoms with Crippen LogP contribution in [0.1, 0.15) is 56.1 Å². The summed E-state index contributed by atoms with van der Waals surface area (Å²) in [4.78, 5) is 0. The molecule has 2 aromatic rings. The van der Waals surface area contributed by atoms with Crippen LogP contribution in [0.25, 0.3) is 0 Å². The third-order valence-electron chi connectivity index (χ3n) is 7.27. The van der Waals surface area contributed by atoms with Gasteiger partial charge in [0.25, 0.3) is 0 Å². The minimum Gasteiger partial charge on any atom is -0.392 e. The number of aliphatic hydroxyl groups excluding tert-OH is 1. The maximum Gasteiger partial charge on any atom is 0.0611 e. The quantitative estimate of drug-likeness (QED) is 0.295. The van der Waals surface area contributed by atoms with Gasteiger partial charge < -0.3 is 10.4 Å². The first-order valence-corrected chi connectivity index (χ1v) is 12.6. The molecule has 2 aliphatic carbocycles. The highest BCUT2D eigenvalue weighted by Crippen LogP contribution is 2.48. The summed E-state index contributed by atoms with van der Waals surface area (Å²) in [6.07, 6.45) is 16.3. The van der Waals surface area contributed by atoms with Crippen molar-refractivity contribution in [3.05, 3.63) is 89.5 Å². The van der Waals surface area contributed by atoms with Crippen molar-refractivity contribution in [2.75, 3.05) is 11.9 Å². The van der Waals surface area contributed by atoms with E-state index >= 15 is 0 Å². The van der Waals surface area contributed by atoms with E-state index in [2.05, 4.69) is 85.1 Å². The van der Waals surface area contributed by atoms with Crippen molar-refractivity contribution in [3.63, 3.8) is 0 Å². The Morgan fingerprint density at radius 1 is 1.00 bits per heavy atom. The average molecular weight is 430 g/mol. The molecule has 2 aromatic carbocycles. The third kappa shape index (κ3) is 6.36. The molecule has 0 aliphatic heterocycles. The number of rotatable bonds is 11. The molecule has 4 rings (SSSR count). The van der Waals surface area contributed by atoms with E-state index in [0.29, 0.717) is 17.8 Å². The Kier molecular flexibility index (Phi) is 8.23. The van der Waals surface area contributed by atoms with Gasteiger partial charge in [0, 0.05) is 18.2 Å². The predicted molar refractivity (Wildman–Crippen MR) is 136 cm³/mol. The summed E-state index contributed by atoms with van der Waals surface area (Å²) in [6, 6.07) is 19.3. The number of nitrogens with one attached hydrogen (secondary N) is 1. The smallest absolute Gasteiger partial charge is 0.0611 e. The second-order valence-electron chi connectivity index (χ2n) is 9.80. The van der Waals surface area contributed by atoms with Crippen LogP contribution in [0.15, 0.2) is 78.4 Å². The first-order valence-electron chi connectivity index (χ1n) is 12.6. The lowest BCUT2D eigenvalue weighted by molar-refractivity contribution is 0.141. The Balaban J connectivity index is 1.15. The number of aryl methyl sites for hydroxylation is 2. The summed E-state index contributed by atoms with van der Waals surface area (Å²) in [5.41, 5.74) is 5.59. The number of allylic oxidation sites excluding steroid dienone is 3. The lowest BCUT2D eigenvalue weighted by atomic mass is 9.88. The molecule has 170 valence electrons. The third-order valence-corrected chi connectivity index (χ3v) is 7.27. The molecule has 2 aliphatic rings. The van der Waals surface area contributed by atoms with Crippen LogP contribution in [0.4, 0.5) is 5.69 Å². The number of aliphatic hydroxyl groups is 1. The molecule has 0 radical (unpaired) electrons. The van der Waals surface area contributed by atoms with E-state index in [1.54, 1.807) is 5.57 Å². The highest BCUT2D eigenvalue weighted by Gasteiger charge is 2.42. The van der Waals surface area contributed by atoms with Crippen LogP contribution in [0.5, 0.6) is 0 Å². The monoisotopic (exact) mass is 429 g/mol. The van der Waals surface area contributed by atoms with Crippen LogP contribution in [0.2, 0.25) is 0 Å². The fourth-order valence-electron chi connectivity index (χ4n) is 5.60. The van der Waals surface area contributed by atoms with Gasteiger partial charge in [-0.25, -0.2) is 0 Å². The van der Waals surface area contributed by atoms with Crippen molar-refractivity contribution in [1.82, 2.24) is 0 Å². The van der Waals surface area contributed by atoms with Crippen LogP contribution < -0.4 is 5.32 Å². The zero-order chi connectivity index (χ0) is 22.2. The fourth-order valence-corrected chi connectivity index (χ4v) is 5.60. The van der Waals surface area contributed by atoms with Crippen molar-refractivity contribution >= 4 is 5.69 Å². The predicted octanol–water partition coefficient (Wildman–Crippen LogP) is 7.10. The molecule has 0 heterocycles. The lowest BCUT2D eigenvalue weighted by Gasteiger charge is -2.18. The zero-order valence-corrected chi connectivity index (χ0v) is 19.5. The number of anilines is 1. The van der Waals surface area contributed by atoms with Crippen molar-refractivity contribution in [2.24, 2.45) is 17.8 Å². The zero-order valence-electron chi connectivity index (χ0n) is 19.5. The summed E-state index contributed by atoms with van der Waals surface area (Å²) in [5, 5.41) is 14.1. The van der Waals surface area contributed by atoms with Gasteiger partial charge in [0.2, 0.25) is 0 Å². The molecule has 2 heteroatoms. The summed E-state index contributed by atoms with van der Waals surface area (Å²) >= 11 is 0. The second-order valence-corrected chi connectivity index (χ2v) is 9.80. The highest BCUT2D eigenvalue weighted by molar-refractivity contribution is 5.42. The van der Waals surface area contributed by atoms with Gasteiger partial charge in [-0.2, -0.15) is 0 Å². The van der Waals surface area contributed by atoms with E-state index in [4.69, 9.17) is 0 Å². The van der Waals surface area contributed by atoms with Crippen LogP contribution in [-0.2, 0) is 6.42 Å². The minimum atomic E-state index is -0.165. The number of benzene rings is 2. The maximum atomic E-state index is 10.6. The first kappa shape index (κ1) is 22.9. The van der Waals surface area contributed by atoms with Gasteiger partial charge >= 0.3 is 0 Å². The van der Waals surface area contributed by atoms with Crippen molar-refractivity contribution in [3.8, 4) is 0 Å². The van der Waals surface area contributed by atoms with E-state index in [0.717, 1.165) is 25.8 Å². The van der Waals surface area contributed by atoms with Gasteiger partial charge in [-0.05, 0) is 81.4 Å². The van der Waals surface area contributed by atoms with Gasteiger partial charge in [-0.1, -0.05) is 78.3 Å². The molecule has 32 heavy (non-hydrogen) atoms. The van der Waals surface area contributed by atoms with Crippen molar-refractivity contribution in [1.29, 1.82) is 0 Å². The number of unbranched alkanes of at least 4 members (excludes halogenated alkanes) is 2. The molecular weight excluding hydrogens is 390 g/mol. The molecule has 1 fully saturated rings. The number of hydrogen-bond acceptors (Lipinski definition) is 2. The van der Waals surface area contributed by atoms with Crippen LogP contribution >= 0.6 is 0 Å². The van der Waals surface area contributed by atoms with Gasteiger partial charge in [0.05, 0.1) is 6.10 Å². The molecule has 0 spiro atoms. The van der Waals surface area contributed by atoms with E-state index in [9.17, 15) is 5.11 Å². The van der Waals surface area contributed by atoms with E-state index in [-0.39, 0.29) is 6.10 Å². The summed E-state index contributed by atoms with van der Waals surface area (Å²) in [5.74, 6) is 1.54. The molecule has 0 unspecified atom stereocenters. The van der Waals surface area contributed by atoms with Crippen LogP contribution in [0.3, 0.4) is 0 Å². The Hall–Kier alpha value is -2.32. The van der Waals surface area contributed by atoms with E-state index < -0.39 is 0 Å². The topological polar surface area (TPSA) is 32.3 Å². The minimum absolute atomic E-state index is 0.165. The standard InChI is InChI=1S/C30H39NO/c1-23-11-10-14-24(19-23)12-7-8-17-28-29-21-25(20-26(29)22-30(28)32)13-4-3-9-18-31-27-15-5-2-6-16-27/h2,5-6,8,10-11,14-17,19-20,26,28-32H,3-4,7,9,12-13,18,21-22H2,1H3/t26-,28+,29-,30+/m0/s1. The molecular formula is C30H39NO. The van der Waals surface area contributed by atoms with Crippen molar-refractivity contribution in [2.45, 2.75) is 64.4 Å². The molecule has 0 aromatic heterocycles. The Labute approximate surface area is 194 Å². The second kappa shape index (κ2) is 11.5. The lowest BCUT2D eigenvalue weighted by Crippen LogP contribution is -2.17. The van der Waals surface area contributed by atoms with Crippen molar-refractivity contribution < 1.29 is 5.11 Å². The molecule has 0 bridgehead atoms. The summed E-state index contributed by atoms with van der Waals surface area (Å²) in [7, 11) is 0. The first-order chi connectivity index (χ1) is 15.7. The van der Waals surface area contributed by atoms with Gasteiger partial charge in [-0.3, -0.25) is 0 Å². The SMILES string of the molecule is Cc1cccc(CCC=C[C@@H]2[C@H]3CC(CCCCCNc4ccccc4)=C[C@H]3C[C@H]2O)c1. The fraction of sp³-hybridized carbons (Fsp3) is 0.467. The summed E-state index contributed by atoms with van der Waals surface area (Å²) < 4.78 is 0. The van der Waals surface area contributed by atoms with Gasteiger partial charge in [0.1, 0.15) is 0 Å². The molecule has 0 saturated heterocycles. The summed E-state index contributed by atoms with van der Waals surface area (Å²) in [6.45, 7) is 3.20. The molecule has 1 saturated carbocycles. The van der Waals surface area contributed by atoms with Crippen LogP contribution in [-0.4, -0.2) is 17.8 Å². The normalized spacial score (nSPS) is 24.6. The Morgan fingerprint density at radius 3 is 2.72 bits per heavy atom. The van der Waals surface area contributed by atoms with E-state index in [1.807, 2.05) is 0 Å². The number of para-hydroxylation sites is 1. The Morgan fingerprint density at radius 2 is 1.88 bits per heavy atom.